The van der Waals surface area contributed by atoms with Gasteiger partial charge in [-0.15, -0.1) is 11.3 Å². The van der Waals surface area contributed by atoms with Crippen molar-refractivity contribution in [2.24, 2.45) is 0 Å². The number of pyridine rings is 1. The van der Waals surface area contributed by atoms with Crippen LogP contribution in [0.15, 0.2) is 77.1 Å². The van der Waals surface area contributed by atoms with Gasteiger partial charge in [-0.05, 0) is 48.9 Å². The minimum atomic E-state index is -4.00. The van der Waals surface area contributed by atoms with Crippen LogP contribution in [0.25, 0.3) is 10.1 Å². The van der Waals surface area contributed by atoms with Gasteiger partial charge in [0.05, 0.1) is 11.3 Å². The minimum Gasteiger partial charge on any atom is -0.379 e. The van der Waals surface area contributed by atoms with Gasteiger partial charge in [-0.3, -0.25) is 9.78 Å². The third-order valence-corrected chi connectivity index (χ3v) is 8.91. The molecule has 0 spiro atoms. The number of fused-ring (bicyclic) bond motifs is 1. The lowest BCUT2D eigenvalue weighted by molar-refractivity contribution is 0.0436. The minimum absolute atomic E-state index is 0.0503. The number of rotatable bonds is 8. The zero-order valence-electron chi connectivity index (χ0n) is 20.9. The standard InChI is InChI=1S/C28H28FN3O4S2/c1-20-7-8-21(31-16-20)17-30-19-28(29)11-13-32(14-12-28)27(33)25-18-37-26-10-9-22(15-24(25)26)36-38(34,35)23-5-3-2-4-6-23/h2-10,15-16,18,30H,11-14,17,19H2,1H3. The number of hydrogen-bond donors (Lipinski definition) is 1. The molecule has 1 fully saturated rings. The third-order valence-electron chi connectivity index (χ3n) is 6.68. The lowest BCUT2D eigenvalue weighted by atomic mass is 9.92. The van der Waals surface area contributed by atoms with E-state index in [2.05, 4.69) is 10.3 Å². The SMILES string of the molecule is Cc1ccc(CNCC2(F)CCN(C(=O)c3csc4ccc(OS(=O)(=O)c5ccccc5)cc34)CC2)nc1. The van der Waals surface area contributed by atoms with Crippen LogP contribution in [0.2, 0.25) is 0 Å². The van der Waals surface area contributed by atoms with Gasteiger partial charge in [-0.1, -0.05) is 24.3 Å². The van der Waals surface area contributed by atoms with Gasteiger partial charge in [0.25, 0.3) is 5.91 Å². The topological polar surface area (TPSA) is 88.6 Å². The Morgan fingerprint density at radius 2 is 1.89 bits per heavy atom. The van der Waals surface area contributed by atoms with Crippen LogP contribution in [-0.4, -0.2) is 49.5 Å². The largest absolute Gasteiger partial charge is 0.379 e. The molecule has 1 aliphatic rings. The van der Waals surface area contributed by atoms with Gasteiger partial charge in [0.2, 0.25) is 0 Å². The highest BCUT2D eigenvalue weighted by Crippen LogP contribution is 2.33. The number of likely N-dealkylation sites (tertiary alicyclic amines) is 1. The molecule has 4 aromatic rings. The Kier molecular flexibility index (Phi) is 7.47. The number of aryl methyl sites for hydroxylation is 1. The van der Waals surface area contributed by atoms with E-state index in [-0.39, 0.29) is 35.9 Å². The summed E-state index contributed by atoms with van der Waals surface area (Å²) in [5.74, 6) is -0.0671. The molecule has 0 unspecified atom stereocenters. The molecule has 7 nitrogen and oxygen atoms in total. The van der Waals surface area contributed by atoms with Crippen LogP contribution in [0.5, 0.6) is 5.75 Å². The van der Waals surface area contributed by atoms with Crippen molar-refractivity contribution in [2.45, 2.75) is 36.9 Å². The van der Waals surface area contributed by atoms with E-state index >= 15 is 4.39 Å². The van der Waals surface area contributed by atoms with Crippen LogP contribution < -0.4 is 9.50 Å². The third kappa shape index (κ3) is 5.87. The number of aromatic nitrogens is 1. The molecule has 0 aliphatic carbocycles. The van der Waals surface area contributed by atoms with E-state index in [0.717, 1.165) is 16.0 Å². The molecule has 5 rings (SSSR count). The number of carbonyl (C=O) groups is 1. The average Bonchev–Trinajstić information content (AvgIpc) is 3.33. The molecule has 1 N–H and O–H groups in total. The maximum absolute atomic E-state index is 15.4. The van der Waals surface area contributed by atoms with Crippen molar-refractivity contribution in [2.75, 3.05) is 19.6 Å². The van der Waals surface area contributed by atoms with Gasteiger partial charge in [0.1, 0.15) is 16.3 Å². The van der Waals surface area contributed by atoms with E-state index in [0.29, 0.717) is 30.6 Å². The number of amides is 1. The summed E-state index contributed by atoms with van der Waals surface area (Å²) in [6.07, 6.45) is 2.26. The molecule has 3 heterocycles. The van der Waals surface area contributed by atoms with E-state index in [4.69, 9.17) is 4.18 Å². The number of nitrogens with one attached hydrogen (secondary N) is 1. The number of nitrogens with zero attached hydrogens (tertiary/aromatic N) is 2. The predicted octanol–water partition coefficient (Wildman–Crippen LogP) is 5.11. The van der Waals surface area contributed by atoms with E-state index in [9.17, 15) is 13.2 Å². The predicted molar refractivity (Wildman–Crippen MR) is 146 cm³/mol. The average molecular weight is 554 g/mol. The number of hydrogen-bond acceptors (Lipinski definition) is 7. The monoisotopic (exact) mass is 553 g/mol. The van der Waals surface area contributed by atoms with Crippen LogP contribution in [0.1, 0.15) is 34.5 Å². The Morgan fingerprint density at radius 3 is 2.61 bits per heavy atom. The maximum atomic E-state index is 15.4. The fourth-order valence-corrected chi connectivity index (χ4v) is 6.32. The first-order valence-electron chi connectivity index (χ1n) is 12.3. The maximum Gasteiger partial charge on any atom is 0.339 e. The first kappa shape index (κ1) is 26.3. The van der Waals surface area contributed by atoms with Crippen LogP contribution in [0, 0.1) is 6.92 Å². The van der Waals surface area contributed by atoms with E-state index in [1.54, 1.807) is 52.9 Å². The first-order valence-corrected chi connectivity index (χ1v) is 14.6. The van der Waals surface area contributed by atoms with Crippen molar-refractivity contribution < 1.29 is 21.8 Å². The molecule has 198 valence electrons. The highest BCUT2D eigenvalue weighted by Gasteiger charge is 2.36. The number of carbonyl (C=O) groups excluding carboxylic acids is 1. The molecule has 2 aromatic carbocycles. The quantitative estimate of drug-likeness (QED) is 0.305. The van der Waals surface area contributed by atoms with Gasteiger partial charge >= 0.3 is 10.1 Å². The second kappa shape index (κ2) is 10.8. The molecule has 2 aromatic heterocycles. The molecular weight excluding hydrogens is 525 g/mol. The van der Waals surface area contributed by atoms with E-state index < -0.39 is 15.8 Å². The highest BCUT2D eigenvalue weighted by atomic mass is 32.2. The molecule has 0 radical (unpaired) electrons. The Morgan fingerprint density at radius 1 is 1.13 bits per heavy atom. The normalized spacial score (nSPS) is 15.5. The fraction of sp³-hybridized carbons (Fsp3) is 0.286. The van der Waals surface area contributed by atoms with E-state index in [1.165, 1.54) is 23.5 Å². The summed E-state index contributed by atoms with van der Waals surface area (Å²) >= 11 is 1.40. The Balaban J connectivity index is 1.22. The second-order valence-corrected chi connectivity index (χ2v) is 12.0. The second-order valence-electron chi connectivity index (χ2n) is 9.53. The lowest BCUT2D eigenvalue weighted by Crippen LogP contribution is -2.48. The molecule has 0 saturated carbocycles. The molecular formula is C28H28FN3O4S2. The Labute approximate surface area is 225 Å². The summed E-state index contributed by atoms with van der Waals surface area (Å²) in [7, 11) is -4.00. The van der Waals surface area contributed by atoms with Crippen LogP contribution in [0.3, 0.4) is 0 Å². The summed E-state index contributed by atoms with van der Waals surface area (Å²) in [5, 5.41) is 5.54. The van der Waals surface area contributed by atoms with E-state index in [1.807, 2.05) is 19.1 Å². The lowest BCUT2D eigenvalue weighted by Gasteiger charge is -2.36. The van der Waals surface area contributed by atoms with Crippen molar-refractivity contribution in [3.05, 3.63) is 89.1 Å². The van der Waals surface area contributed by atoms with Crippen LogP contribution >= 0.6 is 11.3 Å². The smallest absolute Gasteiger partial charge is 0.339 e. The molecule has 1 amide bonds. The Bertz CT molecular complexity index is 1530. The van der Waals surface area contributed by atoms with Crippen molar-refractivity contribution in [1.82, 2.24) is 15.2 Å². The summed E-state index contributed by atoms with van der Waals surface area (Å²) in [5.41, 5.74) is 0.996. The highest BCUT2D eigenvalue weighted by molar-refractivity contribution is 7.87. The van der Waals surface area contributed by atoms with Crippen molar-refractivity contribution in [3.63, 3.8) is 0 Å². The summed E-state index contributed by atoms with van der Waals surface area (Å²) in [4.78, 5) is 19.4. The summed E-state index contributed by atoms with van der Waals surface area (Å²) in [6.45, 7) is 3.26. The molecule has 1 aliphatic heterocycles. The molecule has 38 heavy (non-hydrogen) atoms. The zero-order valence-corrected chi connectivity index (χ0v) is 22.5. The van der Waals surface area contributed by atoms with Crippen molar-refractivity contribution in [3.8, 4) is 5.75 Å². The zero-order chi connectivity index (χ0) is 26.8. The van der Waals surface area contributed by atoms with Crippen LogP contribution in [0.4, 0.5) is 4.39 Å². The molecule has 0 atom stereocenters. The van der Waals surface area contributed by atoms with Gasteiger partial charge in [0.15, 0.2) is 0 Å². The van der Waals surface area contributed by atoms with Crippen molar-refractivity contribution in [1.29, 1.82) is 0 Å². The number of halogens is 1. The molecule has 1 saturated heterocycles. The van der Waals surface area contributed by atoms with Gasteiger partial charge in [-0.25, -0.2) is 4.39 Å². The number of benzene rings is 2. The number of thiophene rings is 1. The Hall–Kier alpha value is -3.34. The number of alkyl halides is 1. The number of piperidine rings is 1. The summed E-state index contributed by atoms with van der Waals surface area (Å²) < 4.78 is 46.9. The fourth-order valence-electron chi connectivity index (χ4n) is 4.46. The van der Waals surface area contributed by atoms with Crippen LogP contribution in [-0.2, 0) is 16.7 Å². The summed E-state index contributed by atoms with van der Waals surface area (Å²) in [6, 6.07) is 16.7. The first-order chi connectivity index (χ1) is 18.2. The molecule has 10 heteroatoms. The van der Waals surface area contributed by atoms with Crippen molar-refractivity contribution >= 4 is 37.4 Å². The van der Waals surface area contributed by atoms with Gasteiger partial charge in [-0.2, -0.15) is 8.42 Å². The van der Waals surface area contributed by atoms with Gasteiger partial charge in [0, 0.05) is 60.7 Å². The van der Waals surface area contributed by atoms with Gasteiger partial charge < -0.3 is 14.4 Å². The molecule has 0 bridgehead atoms.